The van der Waals surface area contributed by atoms with Crippen molar-refractivity contribution >= 4 is 12.4 Å². The highest BCUT2D eigenvalue weighted by Gasteiger charge is 2.40. The lowest BCUT2D eigenvalue weighted by Crippen LogP contribution is -2.35. The van der Waals surface area contributed by atoms with Crippen molar-refractivity contribution in [2.24, 2.45) is 0 Å². The lowest BCUT2D eigenvalue weighted by atomic mass is 10.0. The summed E-state index contributed by atoms with van der Waals surface area (Å²) in [5, 5.41) is 11.1. The average molecular weight is 333 g/mol. The molecule has 9 heteroatoms. The van der Waals surface area contributed by atoms with Gasteiger partial charge in [-0.05, 0) is 18.2 Å². The smallest absolute Gasteiger partial charge is 0.418 e. The zero-order valence-electron chi connectivity index (χ0n) is 11.6. The van der Waals surface area contributed by atoms with Gasteiger partial charge in [0.05, 0.1) is 7.11 Å². The quantitative estimate of drug-likeness (QED) is 0.374. The highest BCUT2D eigenvalue weighted by Crippen LogP contribution is 2.33. The minimum atomic E-state index is -5.04. The van der Waals surface area contributed by atoms with Gasteiger partial charge in [0.1, 0.15) is 5.82 Å². The van der Waals surface area contributed by atoms with Crippen molar-refractivity contribution in [1.82, 2.24) is 5.32 Å². The first-order chi connectivity index (χ1) is 10.7. The number of benzene rings is 1. The molecule has 1 amide bonds. The van der Waals surface area contributed by atoms with Crippen molar-refractivity contribution in [1.29, 1.82) is 0 Å². The van der Waals surface area contributed by atoms with Gasteiger partial charge in [0.15, 0.2) is 12.1 Å². The van der Waals surface area contributed by atoms with Crippen molar-refractivity contribution < 1.29 is 37.0 Å². The number of hydrogen-bond donors (Lipinski definition) is 2. The second-order valence-corrected chi connectivity index (χ2v) is 4.19. The van der Waals surface area contributed by atoms with Crippen LogP contribution in [-0.4, -0.2) is 36.8 Å². The van der Waals surface area contributed by atoms with Crippen molar-refractivity contribution in [2.75, 3.05) is 7.11 Å². The van der Waals surface area contributed by atoms with Crippen LogP contribution in [0.1, 0.15) is 17.2 Å². The molecule has 0 aliphatic rings. The Morgan fingerprint density at radius 1 is 1.43 bits per heavy atom. The van der Waals surface area contributed by atoms with Crippen LogP contribution in [0.5, 0.6) is 0 Å². The number of halogens is 4. The highest BCUT2D eigenvalue weighted by molar-refractivity contribution is 5.82. The third-order valence-electron chi connectivity index (χ3n) is 2.63. The minimum Gasteiger partial charge on any atom is -0.467 e. The van der Waals surface area contributed by atoms with Crippen LogP contribution < -0.4 is 5.32 Å². The van der Waals surface area contributed by atoms with Crippen LogP contribution in [0, 0.1) is 17.7 Å². The molecular weight excluding hydrogens is 322 g/mol. The molecule has 2 atom stereocenters. The van der Waals surface area contributed by atoms with Crippen molar-refractivity contribution in [2.45, 2.75) is 18.3 Å². The number of aliphatic hydroxyl groups excluding tert-OH is 1. The number of aliphatic hydroxyl groups is 1. The van der Waals surface area contributed by atoms with Gasteiger partial charge in [0.2, 0.25) is 6.41 Å². The fraction of sp³-hybridized carbons (Fsp3) is 0.286. The number of carbonyl (C=O) groups is 2. The summed E-state index contributed by atoms with van der Waals surface area (Å²) in [5.74, 6) is 2.42. The Morgan fingerprint density at radius 2 is 2.09 bits per heavy atom. The molecule has 0 bridgehead atoms. The third kappa shape index (κ3) is 4.96. The number of ether oxygens (including phenoxy) is 1. The maximum Gasteiger partial charge on any atom is 0.418 e. The molecule has 0 aromatic heterocycles. The Bertz CT molecular complexity index is 648. The number of esters is 1. The maximum absolute atomic E-state index is 13.4. The van der Waals surface area contributed by atoms with E-state index < -0.39 is 35.7 Å². The van der Waals surface area contributed by atoms with E-state index in [1.54, 1.807) is 0 Å². The summed E-state index contributed by atoms with van der Waals surface area (Å²) in [6.45, 7) is 0. The molecule has 1 aromatic carbocycles. The summed E-state index contributed by atoms with van der Waals surface area (Å²) in [6, 6.07) is 1.13. The number of methoxy groups -OCH3 is 1. The molecule has 0 saturated heterocycles. The molecule has 0 fully saturated rings. The van der Waals surface area contributed by atoms with Crippen LogP contribution in [0.25, 0.3) is 0 Å². The summed E-state index contributed by atoms with van der Waals surface area (Å²) in [5.41, 5.74) is -1.09. The number of nitrogens with one attached hydrogen (secondary N) is 1. The summed E-state index contributed by atoms with van der Waals surface area (Å²) >= 11 is 0. The zero-order chi connectivity index (χ0) is 17.6. The molecule has 124 valence electrons. The van der Waals surface area contributed by atoms with Crippen molar-refractivity contribution in [3.63, 3.8) is 0 Å². The number of amides is 1. The van der Waals surface area contributed by atoms with Crippen LogP contribution in [0.15, 0.2) is 18.2 Å². The van der Waals surface area contributed by atoms with Gasteiger partial charge in [-0.2, -0.15) is 13.2 Å². The summed E-state index contributed by atoms with van der Waals surface area (Å²) in [7, 11) is 1.05. The van der Waals surface area contributed by atoms with Gasteiger partial charge < -0.3 is 15.2 Å². The van der Waals surface area contributed by atoms with Gasteiger partial charge in [-0.1, -0.05) is 11.8 Å². The van der Waals surface area contributed by atoms with Crippen LogP contribution in [0.2, 0.25) is 0 Å². The molecule has 0 spiro atoms. The topological polar surface area (TPSA) is 75.6 Å². The fourth-order valence-corrected chi connectivity index (χ4v) is 1.52. The molecule has 0 aliphatic carbocycles. The number of hydrogen-bond acceptors (Lipinski definition) is 4. The molecule has 5 nitrogen and oxygen atoms in total. The van der Waals surface area contributed by atoms with E-state index in [0.717, 1.165) is 13.2 Å². The molecular formula is C14H11F4NO4. The monoisotopic (exact) mass is 333 g/mol. The largest absolute Gasteiger partial charge is 0.467 e. The standard InChI is InChI=1S/C14H11F4NO4/c1-23-13(22)11(19-7-20)5-3-8-2-4-10(15)9(6-8)12(21)14(16,17)18/h2,4,6-7,11-12,21H,1H3,(H,19,20)/t11-,12?/m0/s1. The van der Waals surface area contributed by atoms with E-state index in [-0.39, 0.29) is 12.0 Å². The van der Waals surface area contributed by atoms with Crippen LogP contribution in [0.4, 0.5) is 17.6 Å². The van der Waals surface area contributed by atoms with Gasteiger partial charge in [-0.25, -0.2) is 9.18 Å². The first-order valence-electron chi connectivity index (χ1n) is 6.04. The Morgan fingerprint density at radius 3 is 2.61 bits per heavy atom. The van der Waals surface area contributed by atoms with E-state index in [1.165, 1.54) is 0 Å². The molecule has 1 rings (SSSR count). The Balaban J connectivity index is 3.14. The normalized spacial score (nSPS) is 13.3. The summed E-state index contributed by atoms with van der Waals surface area (Å²) in [4.78, 5) is 21.6. The number of carbonyl (C=O) groups excluding carboxylic acids is 2. The van der Waals surface area contributed by atoms with Gasteiger partial charge in [0, 0.05) is 11.1 Å². The predicted octanol–water partition coefficient (Wildman–Crippen LogP) is 1.06. The van der Waals surface area contributed by atoms with Crippen molar-refractivity contribution in [3.8, 4) is 11.8 Å². The van der Waals surface area contributed by atoms with E-state index in [1.807, 2.05) is 5.32 Å². The van der Waals surface area contributed by atoms with E-state index in [0.29, 0.717) is 12.1 Å². The number of alkyl halides is 3. The summed E-state index contributed by atoms with van der Waals surface area (Å²) in [6.07, 6.45) is -7.85. The molecule has 2 N–H and O–H groups in total. The number of rotatable bonds is 4. The third-order valence-corrected chi connectivity index (χ3v) is 2.63. The molecule has 1 unspecified atom stereocenters. The van der Waals surface area contributed by atoms with Crippen LogP contribution >= 0.6 is 0 Å². The molecule has 23 heavy (non-hydrogen) atoms. The summed E-state index contributed by atoms with van der Waals surface area (Å²) < 4.78 is 55.1. The van der Waals surface area contributed by atoms with E-state index in [2.05, 4.69) is 16.6 Å². The molecule has 0 saturated carbocycles. The van der Waals surface area contributed by atoms with Crippen LogP contribution in [-0.2, 0) is 14.3 Å². The Labute approximate surface area is 128 Å². The van der Waals surface area contributed by atoms with E-state index in [4.69, 9.17) is 5.11 Å². The maximum atomic E-state index is 13.4. The van der Waals surface area contributed by atoms with E-state index in [9.17, 15) is 27.2 Å². The average Bonchev–Trinajstić information content (AvgIpc) is 2.50. The molecule has 0 aliphatic heterocycles. The van der Waals surface area contributed by atoms with Crippen molar-refractivity contribution in [3.05, 3.63) is 35.1 Å². The van der Waals surface area contributed by atoms with Crippen LogP contribution in [0.3, 0.4) is 0 Å². The molecule has 1 aromatic rings. The Kier molecular flexibility index (Phi) is 6.10. The zero-order valence-corrected chi connectivity index (χ0v) is 11.6. The van der Waals surface area contributed by atoms with Gasteiger partial charge in [-0.3, -0.25) is 4.79 Å². The highest BCUT2D eigenvalue weighted by atomic mass is 19.4. The fourth-order valence-electron chi connectivity index (χ4n) is 1.52. The Hall–Kier alpha value is -2.60. The lowest BCUT2D eigenvalue weighted by molar-refractivity contribution is -0.207. The first kappa shape index (κ1) is 18.4. The minimum absolute atomic E-state index is 0.0914. The van der Waals surface area contributed by atoms with Gasteiger partial charge in [-0.15, -0.1) is 0 Å². The second-order valence-electron chi connectivity index (χ2n) is 4.19. The van der Waals surface area contributed by atoms with Gasteiger partial charge >= 0.3 is 12.1 Å². The second kappa shape index (κ2) is 7.60. The molecule has 0 radical (unpaired) electrons. The predicted molar refractivity (Wildman–Crippen MR) is 69.3 cm³/mol. The van der Waals surface area contributed by atoms with E-state index >= 15 is 0 Å². The first-order valence-corrected chi connectivity index (χ1v) is 6.04. The molecule has 0 heterocycles. The lowest BCUT2D eigenvalue weighted by Gasteiger charge is -2.15. The van der Waals surface area contributed by atoms with Gasteiger partial charge in [0.25, 0.3) is 0 Å². The SMILES string of the molecule is COC(=O)[C@H](C#Cc1ccc(F)c(C(O)C(F)(F)F)c1)NC=O.